The van der Waals surface area contributed by atoms with Crippen LogP contribution in [0.1, 0.15) is 42.0 Å². The van der Waals surface area contributed by atoms with Gasteiger partial charge in [0.2, 0.25) is 0 Å². The molecule has 3 nitrogen and oxygen atoms in total. The van der Waals surface area contributed by atoms with E-state index in [0.29, 0.717) is 0 Å². The van der Waals surface area contributed by atoms with Crippen molar-refractivity contribution in [3.05, 3.63) is 58.7 Å². The Hall–Kier alpha value is -2.29. The van der Waals surface area contributed by atoms with Gasteiger partial charge < -0.3 is 10.1 Å². The van der Waals surface area contributed by atoms with Crippen LogP contribution in [-0.2, 0) is 17.6 Å². The lowest BCUT2D eigenvalue weighted by Crippen LogP contribution is -2.31. The summed E-state index contributed by atoms with van der Waals surface area (Å²) in [5, 5.41) is 2.99. The SMILES string of the molecule is Cc1ccc(C)c(NC(=O)[C@@H](C)Oc2cccc3c2CCCC3)c1. The summed E-state index contributed by atoms with van der Waals surface area (Å²) in [6.07, 6.45) is 4.04. The fourth-order valence-electron chi connectivity index (χ4n) is 3.21. The molecule has 0 unspecified atom stereocenters. The standard InChI is InChI=1S/C21H25NO2/c1-14-11-12-15(2)19(13-14)22-21(23)16(3)24-20-10-6-8-17-7-4-5-9-18(17)20/h6,8,10-13,16H,4-5,7,9H2,1-3H3,(H,22,23)/t16-/m1/s1. The van der Waals surface area contributed by atoms with Gasteiger partial charge in [0.1, 0.15) is 5.75 Å². The van der Waals surface area contributed by atoms with Crippen molar-refractivity contribution in [3.63, 3.8) is 0 Å². The summed E-state index contributed by atoms with van der Waals surface area (Å²) < 4.78 is 6.00. The monoisotopic (exact) mass is 323 g/mol. The molecule has 1 atom stereocenters. The Morgan fingerprint density at radius 3 is 2.75 bits per heavy atom. The van der Waals surface area contributed by atoms with Crippen molar-refractivity contribution in [1.82, 2.24) is 0 Å². The normalized spacial score (nSPS) is 14.6. The molecule has 0 spiro atoms. The van der Waals surface area contributed by atoms with Crippen LogP contribution >= 0.6 is 0 Å². The van der Waals surface area contributed by atoms with Crippen LogP contribution in [0.15, 0.2) is 36.4 Å². The molecule has 2 aromatic rings. The summed E-state index contributed by atoms with van der Waals surface area (Å²) in [5.74, 6) is 0.743. The van der Waals surface area contributed by atoms with E-state index in [1.54, 1.807) is 0 Å². The number of nitrogens with one attached hydrogen (secondary N) is 1. The first-order valence-electron chi connectivity index (χ1n) is 8.70. The highest BCUT2D eigenvalue weighted by atomic mass is 16.5. The third-order valence-corrected chi connectivity index (χ3v) is 4.68. The summed E-state index contributed by atoms with van der Waals surface area (Å²) in [6, 6.07) is 12.2. The van der Waals surface area contributed by atoms with E-state index < -0.39 is 6.10 Å². The topological polar surface area (TPSA) is 38.3 Å². The van der Waals surface area contributed by atoms with E-state index in [2.05, 4.69) is 11.4 Å². The molecule has 0 aromatic heterocycles. The summed E-state index contributed by atoms with van der Waals surface area (Å²) in [7, 11) is 0. The Morgan fingerprint density at radius 1 is 1.12 bits per heavy atom. The van der Waals surface area contributed by atoms with Crippen LogP contribution in [-0.4, -0.2) is 12.0 Å². The minimum Gasteiger partial charge on any atom is -0.481 e. The Morgan fingerprint density at radius 2 is 1.92 bits per heavy atom. The number of aryl methyl sites for hydroxylation is 3. The van der Waals surface area contributed by atoms with Gasteiger partial charge in [-0.3, -0.25) is 4.79 Å². The van der Waals surface area contributed by atoms with Gasteiger partial charge in [-0.2, -0.15) is 0 Å². The molecule has 0 heterocycles. The van der Waals surface area contributed by atoms with E-state index in [1.165, 1.54) is 24.0 Å². The van der Waals surface area contributed by atoms with Gasteiger partial charge in [-0.05, 0) is 80.8 Å². The first-order valence-corrected chi connectivity index (χ1v) is 8.70. The van der Waals surface area contributed by atoms with Crippen LogP contribution in [0, 0.1) is 13.8 Å². The first-order chi connectivity index (χ1) is 11.5. The molecule has 0 aliphatic heterocycles. The first kappa shape index (κ1) is 16.6. The van der Waals surface area contributed by atoms with E-state index in [4.69, 9.17) is 4.74 Å². The van der Waals surface area contributed by atoms with Crippen LogP contribution in [0.25, 0.3) is 0 Å². The van der Waals surface area contributed by atoms with Gasteiger partial charge >= 0.3 is 0 Å². The third-order valence-electron chi connectivity index (χ3n) is 4.68. The molecule has 3 heteroatoms. The molecule has 1 N–H and O–H groups in total. The highest BCUT2D eigenvalue weighted by molar-refractivity contribution is 5.94. The highest BCUT2D eigenvalue weighted by Crippen LogP contribution is 2.30. The summed E-state index contributed by atoms with van der Waals surface area (Å²) >= 11 is 0. The molecule has 126 valence electrons. The average molecular weight is 323 g/mol. The zero-order valence-electron chi connectivity index (χ0n) is 14.7. The van der Waals surface area contributed by atoms with Gasteiger partial charge in [-0.1, -0.05) is 24.3 Å². The average Bonchev–Trinajstić information content (AvgIpc) is 2.58. The van der Waals surface area contributed by atoms with Gasteiger partial charge in [0, 0.05) is 5.69 Å². The number of rotatable bonds is 4. The van der Waals surface area contributed by atoms with Crippen molar-refractivity contribution < 1.29 is 9.53 Å². The smallest absolute Gasteiger partial charge is 0.265 e. The number of carbonyl (C=O) groups is 1. The summed E-state index contributed by atoms with van der Waals surface area (Å²) in [6.45, 7) is 5.82. The van der Waals surface area contributed by atoms with Crippen LogP contribution in [0.5, 0.6) is 5.75 Å². The molecule has 0 fully saturated rings. The van der Waals surface area contributed by atoms with Crippen LogP contribution in [0.2, 0.25) is 0 Å². The second-order valence-electron chi connectivity index (χ2n) is 6.67. The molecule has 2 aromatic carbocycles. The Labute approximate surface area is 144 Å². The molecule has 0 bridgehead atoms. The number of anilines is 1. The highest BCUT2D eigenvalue weighted by Gasteiger charge is 2.19. The van der Waals surface area contributed by atoms with Crippen molar-refractivity contribution in [1.29, 1.82) is 0 Å². The predicted octanol–water partition coefficient (Wildman–Crippen LogP) is 4.59. The zero-order valence-corrected chi connectivity index (χ0v) is 14.7. The maximum Gasteiger partial charge on any atom is 0.265 e. The maximum atomic E-state index is 12.5. The predicted molar refractivity (Wildman–Crippen MR) is 97.7 cm³/mol. The number of ether oxygens (including phenoxy) is 1. The second-order valence-corrected chi connectivity index (χ2v) is 6.67. The maximum absolute atomic E-state index is 12.5. The zero-order chi connectivity index (χ0) is 17.1. The largest absolute Gasteiger partial charge is 0.481 e. The summed E-state index contributed by atoms with van der Waals surface area (Å²) in [5.41, 5.74) is 5.67. The quantitative estimate of drug-likeness (QED) is 0.894. The van der Waals surface area contributed by atoms with E-state index in [-0.39, 0.29) is 5.91 Å². The minimum absolute atomic E-state index is 0.114. The molecule has 0 radical (unpaired) electrons. The third kappa shape index (κ3) is 3.61. The molecule has 3 rings (SSSR count). The molecule has 1 amide bonds. The van der Waals surface area contributed by atoms with Crippen molar-refractivity contribution in [2.24, 2.45) is 0 Å². The van der Waals surface area contributed by atoms with Gasteiger partial charge in [0.05, 0.1) is 0 Å². The van der Waals surface area contributed by atoms with Crippen LogP contribution in [0.4, 0.5) is 5.69 Å². The van der Waals surface area contributed by atoms with Crippen LogP contribution < -0.4 is 10.1 Å². The molecular formula is C21H25NO2. The Balaban J connectivity index is 1.72. The number of hydrogen-bond donors (Lipinski definition) is 1. The van der Waals surface area contributed by atoms with Crippen molar-refractivity contribution in [2.45, 2.75) is 52.6 Å². The molecule has 1 aliphatic carbocycles. The van der Waals surface area contributed by atoms with Crippen molar-refractivity contribution >= 4 is 11.6 Å². The van der Waals surface area contributed by atoms with Crippen LogP contribution in [0.3, 0.4) is 0 Å². The Kier molecular flexibility index (Phi) is 4.89. The van der Waals surface area contributed by atoms with Gasteiger partial charge in [-0.25, -0.2) is 0 Å². The second kappa shape index (κ2) is 7.08. The van der Waals surface area contributed by atoms with Gasteiger partial charge in [0.25, 0.3) is 5.91 Å². The van der Waals surface area contributed by atoms with Crippen molar-refractivity contribution in [3.8, 4) is 5.75 Å². The lowest BCUT2D eigenvalue weighted by molar-refractivity contribution is -0.122. The van der Waals surface area contributed by atoms with E-state index in [9.17, 15) is 4.79 Å². The van der Waals surface area contributed by atoms with E-state index in [0.717, 1.165) is 35.4 Å². The number of carbonyl (C=O) groups excluding carboxylic acids is 1. The van der Waals surface area contributed by atoms with Gasteiger partial charge in [0.15, 0.2) is 6.10 Å². The number of amides is 1. The Bertz CT molecular complexity index is 751. The number of benzene rings is 2. The molecule has 24 heavy (non-hydrogen) atoms. The van der Waals surface area contributed by atoms with E-state index in [1.807, 2.05) is 51.1 Å². The van der Waals surface area contributed by atoms with Crippen molar-refractivity contribution in [2.75, 3.05) is 5.32 Å². The number of hydrogen-bond acceptors (Lipinski definition) is 2. The van der Waals surface area contributed by atoms with E-state index >= 15 is 0 Å². The fraction of sp³-hybridized carbons (Fsp3) is 0.381. The summed E-state index contributed by atoms with van der Waals surface area (Å²) in [4.78, 5) is 12.5. The lowest BCUT2D eigenvalue weighted by Gasteiger charge is -2.22. The minimum atomic E-state index is -0.529. The molecule has 0 saturated carbocycles. The van der Waals surface area contributed by atoms with Gasteiger partial charge in [-0.15, -0.1) is 0 Å². The lowest BCUT2D eigenvalue weighted by atomic mass is 9.91. The fourth-order valence-corrected chi connectivity index (χ4v) is 3.21. The molecule has 1 aliphatic rings. The molecular weight excluding hydrogens is 298 g/mol. The molecule has 0 saturated heterocycles. The number of fused-ring (bicyclic) bond motifs is 1.